The third kappa shape index (κ3) is 4.55. The topological polar surface area (TPSA) is 106 Å². The fraction of sp³-hybridized carbons (Fsp3) is 0.250. The summed E-state index contributed by atoms with van der Waals surface area (Å²) < 4.78 is 32.4. The summed E-state index contributed by atoms with van der Waals surface area (Å²) >= 11 is 4.66. The van der Waals surface area contributed by atoms with E-state index in [1.807, 2.05) is 24.6 Å². The minimum Gasteiger partial charge on any atom is -0.355 e. The lowest BCUT2D eigenvalue weighted by Crippen LogP contribution is -2.32. The Morgan fingerprint density at radius 1 is 1.27 bits per heavy atom. The van der Waals surface area contributed by atoms with Crippen LogP contribution in [0.15, 0.2) is 48.9 Å². The van der Waals surface area contributed by atoms with Gasteiger partial charge in [-0.2, -0.15) is 11.3 Å². The highest BCUT2D eigenvalue weighted by atomic mass is 79.9. The number of amides is 1. The van der Waals surface area contributed by atoms with Gasteiger partial charge >= 0.3 is 0 Å². The van der Waals surface area contributed by atoms with Gasteiger partial charge in [0.25, 0.3) is 10.0 Å². The molecule has 0 bridgehead atoms. The number of halogens is 1. The largest absolute Gasteiger partial charge is 0.355 e. The zero-order chi connectivity index (χ0) is 22.1. The van der Waals surface area contributed by atoms with Gasteiger partial charge in [-0.25, -0.2) is 13.1 Å². The number of carbonyl (C=O) groups excluding carboxylic acids is 2. The van der Waals surface area contributed by atoms with Crippen LogP contribution in [-0.2, 0) is 19.6 Å². The number of aryl methyl sites for hydroxylation is 1. The second-order valence-electron chi connectivity index (χ2n) is 6.78. The van der Waals surface area contributed by atoms with Gasteiger partial charge in [0, 0.05) is 16.9 Å². The Hall–Kier alpha value is -2.30. The molecule has 0 aliphatic rings. The van der Waals surface area contributed by atoms with E-state index < -0.39 is 28.3 Å². The Balaban J connectivity index is 1.77. The van der Waals surface area contributed by atoms with E-state index in [0.717, 1.165) is 21.2 Å². The van der Waals surface area contributed by atoms with E-state index in [9.17, 15) is 18.0 Å². The SMILES string of the molecule is Cc1noc(-c2cccc(C(C)C(=O)CC(=O)NS(=O)(=O)c3ccsc3)c2C)c1Br. The molecule has 30 heavy (non-hydrogen) atoms. The van der Waals surface area contributed by atoms with Crippen molar-refractivity contribution in [3.8, 4) is 11.3 Å². The molecule has 3 rings (SSSR count). The van der Waals surface area contributed by atoms with Crippen molar-refractivity contribution in [2.75, 3.05) is 0 Å². The quantitative estimate of drug-likeness (QED) is 0.473. The van der Waals surface area contributed by atoms with Crippen LogP contribution in [0.2, 0.25) is 0 Å². The van der Waals surface area contributed by atoms with Crippen molar-refractivity contribution in [2.45, 2.75) is 38.0 Å². The second-order valence-corrected chi connectivity index (χ2v) is 10.0. The van der Waals surface area contributed by atoms with E-state index in [-0.39, 0.29) is 10.7 Å². The van der Waals surface area contributed by atoms with E-state index in [2.05, 4.69) is 21.1 Å². The van der Waals surface area contributed by atoms with Gasteiger partial charge in [-0.1, -0.05) is 30.3 Å². The highest BCUT2D eigenvalue weighted by molar-refractivity contribution is 9.10. The van der Waals surface area contributed by atoms with Crippen molar-refractivity contribution in [2.24, 2.45) is 0 Å². The molecule has 0 spiro atoms. The summed E-state index contributed by atoms with van der Waals surface area (Å²) in [5.74, 6) is -1.30. The molecule has 0 aliphatic carbocycles. The number of carbonyl (C=O) groups is 2. The maximum absolute atomic E-state index is 12.7. The lowest BCUT2D eigenvalue weighted by molar-refractivity contribution is -0.127. The summed E-state index contributed by atoms with van der Waals surface area (Å²) in [4.78, 5) is 24.9. The van der Waals surface area contributed by atoms with Crippen LogP contribution in [-0.4, -0.2) is 25.3 Å². The average molecular weight is 511 g/mol. The van der Waals surface area contributed by atoms with Gasteiger partial charge in [-0.05, 0) is 52.4 Å². The van der Waals surface area contributed by atoms with Crippen LogP contribution < -0.4 is 4.72 Å². The smallest absolute Gasteiger partial charge is 0.264 e. The summed E-state index contributed by atoms with van der Waals surface area (Å²) in [5.41, 5.74) is 3.04. The third-order valence-electron chi connectivity index (χ3n) is 4.75. The number of sulfonamides is 1. The van der Waals surface area contributed by atoms with Crippen molar-refractivity contribution >= 4 is 49.0 Å². The first-order chi connectivity index (χ1) is 14.1. The van der Waals surface area contributed by atoms with E-state index in [4.69, 9.17) is 4.52 Å². The number of hydrogen-bond donors (Lipinski definition) is 1. The van der Waals surface area contributed by atoms with E-state index in [1.54, 1.807) is 24.4 Å². The molecule has 0 saturated carbocycles. The van der Waals surface area contributed by atoms with Crippen molar-refractivity contribution < 1.29 is 22.5 Å². The molecule has 2 aromatic heterocycles. The number of nitrogens with zero attached hydrogens (tertiary/aromatic N) is 1. The Labute approximate surface area is 186 Å². The van der Waals surface area contributed by atoms with Crippen LogP contribution in [0.25, 0.3) is 11.3 Å². The molecule has 7 nitrogen and oxygen atoms in total. The minimum atomic E-state index is -3.97. The summed E-state index contributed by atoms with van der Waals surface area (Å²) in [6.45, 7) is 5.36. The number of thiophene rings is 1. The zero-order valence-electron chi connectivity index (χ0n) is 16.4. The van der Waals surface area contributed by atoms with Gasteiger partial charge < -0.3 is 4.52 Å². The maximum atomic E-state index is 12.7. The number of Topliss-reactive ketones (excluding diaryl/α,β-unsaturated/α-hetero) is 1. The Bertz CT molecular complexity index is 1200. The fourth-order valence-electron chi connectivity index (χ4n) is 3.03. The Morgan fingerprint density at radius 3 is 2.60 bits per heavy atom. The third-order valence-corrected chi connectivity index (χ3v) is 7.89. The molecule has 1 aromatic carbocycles. The molecular formula is C20H19BrN2O5S2. The van der Waals surface area contributed by atoms with Crippen LogP contribution in [0, 0.1) is 13.8 Å². The number of nitrogens with one attached hydrogen (secondary N) is 1. The van der Waals surface area contributed by atoms with Crippen molar-refractivity contribution in [1.82, 2.24) is 9.88 Å². The lowest BCUT2D eigenvalue weighted by atomic mass is 9.88. The van der Waals surface area contributed by atoms with Crippen LogP contribution in [0.5, 0.6) is 0 Å². The first kappa shape index (κ1) is 22.4. The monoisotopic (exact) mass is 510 g/mol. The molecule has 0 aliphatic heterocycles. The van der Waals surface area contributed by atoms with Gasteiger partial charge in [0.05, 0.1) is 21.5 Å². The van der Waals surface area contributed by atoms with Crippen molar-refractivity contribution in [3.05, 3.63) is 56.3 Å². The highest BCUT2D eigenvalue weighted by Gasteiger charge is 2.25. The molecule has 1 unspecified atom stereocenters. The van der Waals surface area contributed by atoms with Crippen LogP contribution in [0.1, 0.15) is 36.1 Å². The predicted octanol–water partition coefficient (Wildman–Crippen LogP) is 4.35. The zero-order valence-corrected chi connectivity index (χ0v) is 19.7. The summed E-state index contributed by atoms with van der Waals surface area (Å²) in [6.07, 6.45) is -0.542. The standard InChI is InChI=1S/C20H19BrN2O5S2/c1-11-15(5-4-6-16(11)20-19(21)13(3)22-28-20)12(2)17(24)9-18(25)23-30(26,27)14-7-8-29-10-14/h4-8,10,12H,9H2,1-3H3,(H,23,25). The fourth-order valence-corrected chi connectivity index (χ4v) is 5.40. The highest BCUT2D eigenvalue weighted by Crippen LogP contribution is 2.35. The maximum Gasteiger partial charge on any atom is 0.264 e. The predicted molar refractivity (Wildman–Crippen MR) is 117 cm³/mol. The average Bonchev–Trinajstić information content (AvgIpc) is 3.33. The molecule has 3 aromatic rings. The Kier molecular flexibility index (Phi) is 6.59. The molecule has 10 heteroatoms. The van der Waals surface area contributed by atoms with Crippen LogP contribution in [0.4, 0.5) is 0 Å². The number of rotatable bonds is 7. The van der Waals surface area contributed by atoms with Crippen molar-refractivity contribution in [3.63, 3.8) is 0 Å². The van der Waals surface area contributed by atoms with E-state index in [0.29, 0.717) is 11.5 Å². The molecule has 1 atom stereocenters. The summed E-state index contributed by atoms with van der Waals surface area (Å²) in [7, 11) is -3.97. The summed E-state index contributed by atoms with van der Waals surface area (Å²) in [5, 5.41) is 6.95. The molecule has 0 fully saturated rings. The van der Waals surface area contributed by atoms with Gasteiger partial charge in [-0.3, -0.25) is 9.59 Å². The van der Waals surface area contributed by atoms with Gasteiger partial charge in [0.2, 0.25) is 5.91 Å². The van der Waals surface area contributed by atoms with Crippen molar-refractivity contribution in [1.29, 1.82) is 0 Å². The lowest BCUT2D eigenvalue weighted by Gasteiger charge is -2.16. The number of benzene rings is 1. The van der Waals surface area contributed by atoms with Gasteiger partial charge in [-0.15, -0.1) is 0 Å². The van der Waals surface area contributed by atoms with E-state index in [1.165, 1.54) is 22.8 Å². The number of aromatic nitrogens is 1. The summed E-state index contributed by atoms with van der Waals surface area (Å²) in [6, 6.07) is 6.86. The molecular weight excluding hydrogens is 492 g/mol. The first-order valence-corrected chi connectivity index (χ1v) is 12.2. The van der Waals surface area contributed by atoms with Crippen LogP contribution >= 0.6 is 27.3 Å². The Morgan fingerprint density at radius 2 is 2.00 bits per heavy atom. The van der Waals surface area contributed by atoms with Gasteiger partial charge in [0.15, 0.2) is 5.76 Å². The minimum absolute atomic E-state index is 0.00202. The molecule has 1 amide bonds. The second kappa shape index (κ2) is 8.83. The molecule has 1 N–H and O–H groups in total. The molecule has 0 saturated heterocycles. The number of hydrogen-bond acceptors (Lipinski definition) is 7. The number of ketones is 1. The van der Waals surface area contributed by atoms with Crippen LogP contribution in [0.3, 0.4) is 0 Å². The molecule has 0 radical (unpaired) electrons. The molecule has 2 heterocycles. The van der Waals surface area contributed by atoms with E-state index >= 15 is 0 Å². The first-order valence-electron chi connectivity index (χ1n) is 8.94. The van der Waals surface area contributed by atoms with Gasteiger partial charge in [0.1, 0.15) is 5.78 Å². The molecule has 158 valence electrons. The normalized spacial score (nSPS) is 12.5.